The van der Waals surface area contributed by atoms with Crippen LogP contribution in [0.3, 0.4) is 0 Å². The average molecular weight is 512 g/mol. The maximum Gasteiger partial charge on any atom is 0.258 e. The minimum atomic E-state index is -1.31. The summed E-state index contributed by atoms with van der Waals surface area (Å²) in [5, 5.41) is 24.7. The summed E-state index contributed by atoms with van der Waals surface area (Å²) < 4.78 is 0. The van der Waals surface area contributed by atoms with Crippen molar-refractivity contribution >= 4 is 28.3 Å². The van der Waals surface area contributed by atoms with Crippen LogP contribution in [0.5, 0.6) is 0 Å². The Morgan fingerprint density at radius 1 is 1.17 bits per heavy atom. The Bertz CT molecular complexity index is 1120. The number of aliphatic hydroxyl groups is 1. The number of nitrogens with zero attached hydrogens (tertiary/aromatic N) is 3. The topological polar surface area (TPSA) is 169 Å². The molecule has 0 aliphatic carbocycles. The van der Waals surface area contributed by atoms with E-state index >= 15 is 0 Å². The van der Waals surface area contributed by atoms with Crippen LogP contribution in [0.25, 0.3) is 0 Å². The van der Waals surface area contributed by atoms with E-state index in [4.69, 9.17) is 11.5 Å². The molecule has 2 heterocycles. The van der Waals surface area contributed by atoms with Crippen molar-refractivity contribution in [1.82, 2.24) is 20.5 Å². The van der Waals surface area contributed by atoms with Gasteiger partial charge in [0.25, 0.3) is 5.91 Å². The third-order valence-electron chi connectivity index (χ3n) is 4.89. The number of nitrogens with one attached hydrogen (secondary N) is 2. The van der Waals surface area contributed by atoms with E-state index in [9.17, 15) is 14.7 Å². The Hall–Kier alpha value is -3.83. The first kappa shape index (κ1) is 28.4. The molecule has 0 radical (unpaired) electrons. The molecule has 0 aliphatic heterocycles. The highest BCUT2D eigenvalue weighted by molar-refractivity contribution is 7.15. The highest BCUT2D eigenvalue weighted by atomic mass is 32.1. The van der Waals surface area contributed by atoms with Crippen molar-refractivity contribution in [3.63, 3.8) is 0 Å². The third-order valence-corrected chi connectivity index (χ3v) is 5.79. The predicted molar refractivity (Wildman–Crippen MR) is 141 cm³/mol. The molecule has 0 bridgehead atoms. The number of allylic oxidation sites excluding steroid dienone is 5. The van der Waals surface area contributed by atoms with Gasteiger partial charge in [0.1, 0.15) is 10.8 Å². The maximum atomic E-state index is 12.1. The molecule has 2 aromatic heterocycles. The largest absolute Gasteiger partial charge is 0.402 e. The number of rotatable bonds is 13. The summed E-state index contributed by atoms with van der Waals surface area (Å²) in [7, 11) is 0. The molecule has 192 valence electrons. The van der Waals surface area contributed by atoms with Crippen LogP contribution < -0.4 is 22.1 Å². The van der Waals surface area contributed by atoms with Crippen LogP contribution in [0.4, 0.5) is 5.13 Å². The zero-order valence-corrected chi connectivity index (χ0v) is 21.3. The van der Waals surface area contributed by atoms with Gasteiger partial charge in [-0.3, -0.25) is 14.6 Å². The molecule has 0 saturated heterocycles. The molecule has 2 aromatic rings. The van der Waals surface area contributed by atoms with Crippen molar-refractivity contribution in [2.45, 2.75) is 52.1 Å². The number of anilines is 1. The number of aryl methyl sites for hydroxylation is 1. The number of nitrogens with two attached hydrogens (primary N) is 2. The van der Waals surface area contributed by atoms with Crippen molar-refractivity contribution < 1.29 is 14.7 Å². The second-order valence-electron chi connectivity index (χ2n) is 7.80. The number of hydrogen-bond acceptors (Lipinski definition) is 9. The third kappa shape index (κ3) is 10.2. The van der Waals surface area contributed by atoms with Gasteiger partial charge in [-0.15, -0.1) is 10.2 Å². The smallest absolute Gasteiger partial charge is 0.258 e. The first-order valence-corrected chi connectivity index (χ1v) is 12.4. The number of aliphatic hydroxyl groups excluding tert-OH is 1. The van der Waals surface area contributed by atoms with Gasteiger partial charge in [-0.2, -0.15) is 0 Å². The summed E-state index contributed by atoms with van der Waals surface area (Å²) >= 11 is 1.34. The van der Waals surface area contributed by atoms with Crippen molar-refractivity contribution in [3.05, 3.63) is 82.6 Å². The lowest BCUT2D eigenvalue weighted by molar-refractivity contribution is -0.126. The Balaban J connectivity index is 1.72. The molecule has 10 nitrogen and oxygen atoms in total. The zero-order valence-electron chi connectivity index (χ0n) is 20.5. The van der Waals surface area contributed by atoms with Crippen LogP contribution in [-0.2, 0) is 22.4 Å². The standard InChI is InChI=1S/C25H33N7O3S/c1-3-9-17(4-2)23(34)24(35)29-20(27)14-13-18(26)10-5-6-12-22-31-32-25(36-22)30-21(33)16-19-11-7-8-15-28-19/h3-4,7-9,11,13-15,23,34H,5-6,10,12,16,26-27H2,1-2H3,(H,29,35)(H,30,32,33)/b9-3-,17-4+,18-13-,20-14+. The van der Waals surface area contributed by atoms with Gasteiger partial charge < -0.3 is 27.2 Å². The molecule has 2 amide bonds. The van der Waals surface area contributed by atoms with Crippen LogP contribution in [-0.4, -0.2) is 38.2 Å². The molecule has 0 aliphatic rings. The van der Waals surface area contributed by atoms with Crippen molar-refractivity contribution in [2.75, 3.05) is 5.32 Å². The molecule has 0 aromatic carbocycles. The second-order valence-corrected chi connectivity index (χ2v) is 8.86. The average Bonchev–Trinajstić information content (AvgIpc) is 3.30. The molecule has 0 spiro atoms. The number of pyridine rings is 1. The number of aromatic nitrogens is 3. The van der Waals surface area contributed by atoms with Crippen LogP contribution in [0.1, 0.15) is 43.8 Å². The first-order valence-electron chi connectivity index (χ1n) is 11.5. The van der Waals surface area contributed by atoms with Crippen molar-refractivity contribution in [2.24, 2.45) is 11.5 Å². The van der Waals surface area contributed by atoms with Crippen LogP contribution >= 0.6 is 11.3 Å². The summed E-state index contributed by atoms with van der Waals surface area (Å²) in [6, 6.07) is 5.43. The maximum absolute atomic E-state index is 12.1. The SMILES string of the molecule is C/C=C\C(=C/C)C(O)C(=O)N/C(N)=C/C=C(\N)CCCCc1nnc(NC(=O)Cc2ccccn2)s1. The monoisotopic (exact) mass is 511 g/mol. The summed E-state index contributed by atoms with van der Waals surface area (Å²) in [6.45, 7) is 3.54. The number of amides is 2. The Morgan fingerprint density at radius 3 is 2.67 bits per heavy atom. The molecule has 1 unspecified atom stereocenters. The molecule has 0 fully saturated rings. The normalized spacial score (nSPS) is 13.6. The number of hydrogen-bond donors (Lipinski definition) is 5. The number of carbonyl (C=O) groups is 2. The highest BCUT2D eigenvalue weighted by Crippen LogP contribution is 2.18. The van der Waals surface area contributed by atoms with Crippen molar-refractivity contribution in [3.8, 4) is 0 Å². The fraction of sp³-hybridized carbons (Fsp3) is 0.320. The zero-order chi connectivity index (χ0) is 26.3. The Morgan fingerprint density at radius 2 is 1.97 bits per heavy atom. The van der Waals surface area contributed by atoms with E-state index in [1.807, 2.05) is 6.07 Å². The predicted octanol–water partition coefficient (Wildman–Crippen LogP) is 2.47. The van der Waals surface area contributed by atoms with Gasteiger partial charge in [0.2, 0.25) is 11.0 Å². The summed E-state index contributed by atoms with van der Waals surface area (Å²) in [6.07, 6.45) is 11.7. The van der Waals surface area contributed by atoms with Gasteiger partial charge in [0, 0.05) is 24.0 Å². The number of carbonyl (C=O) groups excluding carboxylic acids is 2. The molecular weight excluding hydrogens is 478 g/mol. The fourth-order valence-electron chi connectivity index (χ4n) is 3.06. The van der Waals surface area contributed by atoms with E-state index in [1.165, 1.54) is 17.4 Å². The molecule has 7 N–H and O–H groups in total. The lowest BCUT2D eigenvalue weighted by atomic mass is 10.1. The van der Waals surface area contributed by atoms with Crippen LogP contribution in [0, 0.1) is 0 Å². The van der Waals surface area contributed by atoms with E-state index in [-0.39, 0.29) is 18.1 Å². The van der Waals surface area contributed by atoms with Crippen molar-refractivity contribution in [1.29, 1.82) is 0 Å². The quantitative estimate of drug-likeness (QED) is 0.202. The molecule has 36 heavy (non-hydrogen) atoms. The first-order chi connectivity index (χ1) is 17.3. The van der Waals surface area contributed by atoms with Gasteiger partial charge in [-0.25, -0.2) is 0 Å². The number of unbranched alkanes of at least 4 members (excludes halogenated alkanes) is 1. The van der Waals surface area contributed by atoms with E-state index in [0.29, 0.717) is 34.9 Å². The lowest BCUT2D eigenvalue weighted by Gasteiger charge is -2.12. The van der Waals surface area contributed by atoms with Crippen LogP contribution in [0.2, 0.25) is 0 Å². The molecule has 0 saturated carbocycles. The minimum Gasteiger partial charge on any atom is -0.402 e. The molecular formula is C25H33N7O3S. The summed E-state index contributed by atoms with van der Waals surface area (Å²) in [5.41, 5.74) is 13.6. The van der Waals surface area contributed by atoms with Gasteiger partial charge in [-0.1, -0.05) is 35.6 Å². The highest BCUT2D eigenvalue weighted by Gasteiger charge is 2.17. The van der Waals surface area contributed by atoms with E-state index < -0.39 is 12.0 Å². The fourth-order valence-corrected chi connectivity index (χ4v) is 3.86. The van der Waals surface area contributed by atoms with Gasteiger partial charge >= 0.3 is 0 Å². The summed E-state index contributed by atoms with van der Waals surface area (Å²) in [4.78, 5) is 28.4. The molecule has 11 heteroatoms. The molecule has 1 atom stereocenters. The van der Waals surface area contributed by atoms with E-state index in [0.717, 1.165) is 17.8 Å². The minimum absolute atomic E-state index is 0.0874. The lowest BCUT2D eigenvalue weighted by Crippen LogP contribution is -2.37. The molecule has 2 rings (SSSR count). The van der Waals surface area contributed by atoms with Gasteiger partial charge in [0.15, 0.2) is 6.10 Å². The van der Waals surface area contributed by atoms with Crippen LogP contribution in [0.15, 0.2) is 71.9 Å². The van der Waals surface area contributed by atoms with Gasteiger partial charge in [0.05, 0.1) is 6.42 Å². The Labute approximate surface area is 214 Å². The Kier molecular flexibility index (Phi) is 12.0. The van der Waals surface area contributed by atoms with Gasteiger partial charge in [-0.05, 0) is 63.0 Å². The summed E-state index contributed by atoms with van der Waals surface area (Å²) in [5.74, 6) is -0.719. The second kappa shape index (κ2) is 15.2. The van der Waals surface area contributed by atoms with E-state index in [2.05, 4.69) is 25.8 Å². The van der Waals surface area contributed by atoms with E-state index in [1.54, 1.807) is 56.5 Å².